The first kappa shape index (κ1) is 17.5. The minimum atomic E-state index is -0.503. The van der Waals surface area contributed by atoms with E-state index in [1.54, 1.807) is 13.8 Å². The van der Waals surface area contributed by atoms with E-state index >= 15 is 0 Å². The van der Waals surface area contributed by atoms with Crippen LogP contribution in [-0.4, -0.2) is 29.9 Å². The largest absolute Gasteiger partial charge is 0.466 e. The van der Waals surface area contributed by atoms with Crippen LogP contribution in [0.4, 0.5) is 0 Å². The van der Waals surface area contributed by atoms with Gasteiger partial charge in [-0.15, -0.1) is 0 Å². The van der Waals surface area contributed by atoms with Crippen molar-refractivity contribution in [2.75, 3.05) is 6.61 Å². The zero-order valence-corrected chi connectivity index (χ0v) is 11.7. The van der Waals surface area contributed by atoms with E-state index in [0.29, 0.717) is 25.7 Å². The van der Waals surface area contributed by atoms with Crippen LogP contribution in [0.2, 0.25) is 0 Å². The molecule has 0 radical (unpaired) electrons. The minimum Gasteiger partial charge on any atom is -0.466 e. The number of ketones is 3. The van der Waals surface area contributed by atoms with Gasteiger partial charge in [0.05, 0.1) is 13.0 Å². The topological polar surface area (TPSA) is 77.5 Å². The molecule has 19 heavy (non-hydrogen) atoms. The van der Waals surface area contributed by atoms with E-state index in [9.17, 15) is 19.2 Å². The average molecular weight is 270 g/mol. The van der Waals surface area contributed by atoms with Gasteiger partial charge in [0, 0.05) is 19.3 Å². The van der Waals surface area contributed by atoms with Crippen LogP contribution in [-0.2, 0) is 23.9 Å². The summed E-state index contributed by atoms with van der Waals surface area (Å²) in [4.78, 5) is 44.7. The van der Waals surface area contributed by atoms with Crippen molar-refractivity contribution in [1.82, 2.24) is 0 Å². The first-order valence-electron chi connectivity index (χ1n) is 6.70. The molecule has 0 aliphatic carbocycles. The van der Waals surface area contributed by atoms with Crippen LogP contribution in [0.15, 0.2) is 0 Å². The summed E-state index contributed by atoms with van der Waals surface area (Å²) in [5, 5.41) is 0. The number of hydrogen-bond donors (Lipinski definition) is 0. The second-order valence-electron chi connectivity index (χ2n) is 4.34. The number of Topliss-reactive ketones (excluding diaryl/α,β-unsaturated/α-hetero) is 3. The number of ether oxygens (including phenoxy) is 1. The summed E-state index contributed by atoms with van der Waals surface area (Å²) < 4.78 is 4.66. The van der Waals surface area contributed by atoms with E-state index in [1.165, 1.54) is 0 Å². The summed E-state index contributed by atoms with van der Waals surface area (Å²) in [7, 11) is 0. The molecule has 0 spiro atoms. The SMILES string of the molecule is CCOC(=O)CC(=O)CCCCC(=O)CC(=O)CC. The Kier molecular flexibility index (Phi) is 9.57. The molecule has 0 bridgehead atoms. The smallest absolute Gasteiger partial charge is 0.313 e. The quantitative estimate of drug-likeness (QED) is 0.326. The van der Waals surface area contributed by atoms with Gasteiger partial charge in [-0.25, -0.2) is 0 Å². The van der Waals surface area contributed by atoms with E-state index < -0.39 is 5.97 Å². The van der Waals surface area contributed by atoms with Crippen molar-refractivity contribution < 1.29 is 23.9 Å². The van der Waals surface area contributed by atoms with Gasteiger partial charge in [-0.3, -0.25) is 19.2 Å². The molecule has 0 aromatic rings. The van der Waals surface area contributed by atoms with Crippen LogP contribution in [0.1, 0.15) is 58.8 Å². The van der Waals surface area contributed by atoms with E-state index in [2.05, 4.69) is 4.74 Å². The van der Waals surface area contributed by atoms with E-state index in [-0.39, 0.29) is 43.2 Å². The molecule has 0 fully saturated rings. The van der Waals surface area contributed by atoms with E-state index in [1.807, 2.05) is 0 Å². The number of carbonyl (C=O) groups is 4. The summed E-state index contributed by atoms with van der Waals surface area (Å²) in [6.45, 7) is 3.68. The third-order valence-corrected chi connectivity index (χ3v) is 2.60. The molecule has 0 aromatic carbocycles. The van der Waals surface area contributed by atoms with Crippen LogP contribution >= 0.6 is 0 Å². The number of hydrogen-bond acceptors (Lipinski definition) is 5. The van der Waals surface area contributed by atoms with Gasteiger partial charge in [0.15, 0.2) is 0 Å². The fourth-order valence-electron chi connectivity index (χ4n) is 1.54. The Hall–Kier alpha value is -1.52. The predicted octanol–water partition coefficient (Wildman–Crippen LogP) is 2.01. The van der Waals surface area contributed by atoms with Crippen LogP contribution in [0, 0.1) is 0 Å². The first-order valence-corrected chi connectivity index (χ1v) is 6.70. The van der Waals surface area contributed by atoms with Crippen LogP contribution in [0.25, 0.3) is 0 Å². The summed E-state index contributed by atoms with van der Waals surface area (Å²) in [6.07, 6.45) is 1.90. The molecule has 0 aliphatic rings. The second kappa shape index (κ2) is 10.4. The van der Waals surface area contributed by atoms with Gasteiger partial charge < -0.3 is 4.74 Å². The summed E-state index contributed by atoms with van der Waals surface area (Å²) >= 11 is 0. The van der Waals surface area contributed by atoms with Gasteiger partial charge in [-0.2, -0.15) is 0 Å². The maximum atomic E-state index is 11.4. The van der Waals surface area contributed by atoms with Crippen molar-refractivity contribution >= 4 is 23.3 Å². The van der Waals surface area contributed by atoms with Gasteiger partial charge in [-0.05, 0) is 19.8 Å². The molecule has 0 rings (SSSR count). The van der Waals surface area contributed by atoms with E-state index in [0.717, 1.165) is 0 Å². The fourth-order valence-corrected chi connectivity index (χ4v) is 1.54. The third-order valence-electron chi connectivity index (χ3n) is 2.60. The lowest BCUT2D eigenvalue weighted by atomic mass is 10.0. The average Bonchev–Trinajstić information content (AvgIpc) is 2.34. The van der Waals surface area contributed by atoms with Gasteiger partial charge in [0.1, 0.15) is 23.8 Å². The maximum Gasteiger partial charge on any atom is 0.313 e. The summed E-state index contributed by atoms with van der Waals surface area (Å²) in [5.41, 5.74) is 0. The predicted molar refractivity (Wildman–Crippen MR) is 69.6 cm³/mol. The Morgan fingerprint density at radius 1 is 0.789 bits per heavy atom. The molecule has 5 heteroatoms. The lowest BCUT2D eigenvalue weighted by molar-refractivity contribution is -0.145. The zero-order valence-electron chi connectivity index (χ0n) is 11.7. The summed E-state index contributed by atoms with van der Waals surface area (Å²) in [5.74, 6) is -0.805. The lowest BCUT2D eigenvalue weighted by Crippen LogP contribution is -2.11. The Morgan fingerprint density at radius 3 is 1.79 bits per heavy atom. The molecule has 5 nitrogen and oxygen atoms in total. The minimum absolute atomic E-state index is 0.00667. The van der Waals surface area contributed by atoms with Gasteiger partial charge in [0.2, 0.25) is 0 Å². The van der Waals surface area contributed by atoms with Crippen molar-refractivity contribution in [3.63, 3.8) is 0 Å². The van der Waals surface area contributed by atoms with Gasteiger partial charge in [0.25, 0.3) is 0 Å². The maximum absolute atomic E-state index is 11.4. The number of rotatable bonds is 11. The molecule has 0 saturated heterocycles. The van der Waals surface area contributed by atoms with Crippen molar-refractivity contribution in [3.8, 4) is 0 Å². The molecule has 0 aromatic heterocycles. The summed E-state index contributed by atoms with van der Waals surface area (Å²) in [6, 6.07) is 0. The highest BCUT2D eigenvalue weighted by Crippen LogP contribution is 2.06. The fraction of sp³-hybridized carbons (Fsp3) is 0.714. The molecular formula is C14H22O5. The molecule has 0 saturated carbocycles. The second-order valence-corrected chi connectivity index (χ2v) is 4.34. The monoisotopic (exact) mass is 270 g/mol. The Balaban J connectivity index is 3.63. The van der Waals surface area contributed by atoms with Crippen LogP contribution in [0.3, 0.4) is 0 Å². The lowest BCUT2D eigenvalue weighted by Gasteiger charge is -2.02. The van der Waals surface area contributed by atoms with Crippen LogP contribution in [0.5, 0.6) is 0 Å². The Labute approximate surface area is 113 Å². The molecule has 0 N–H and O–H groups in total. The third kappa shape index (κ3) is 10.1. The Bertz CT molecular complexity index is 333. The zero-order chi connectivity index (χ0) is 14.7. The molecule has 0 heterocycles. The standard InChI is InChI=1S/C14H22O5/c1-3-11(15)9-12(16)7-5-6-8-13(17)10-14(18)19-4-2/h3-10H2,1-2H3. The molecule has 0 amide bonds. The number of esters is 1. The van der Waals surface area contributed by atoms with Crippen LogP contribution < -0.4 is 0 Å². The van der Waals surface area contributed by atoms with Crippen molar-refractivity contribution in [2.45, 2.75) is 58.8 Å². The van der Waals surface area contributed by atoms with Gasteiger partial charge >= 0.3 is 5.97 Å². The highest BCUT2D eigenvalue weighted by molar-refractivity contribution is 5.99. The van der Waals surface area contributed by atoms with Crippen molar-refractivity contribution in [3.05, 3.63) is 0 Å². The number of unbranched alkanes of at least 4 members (excludes halogenated alkanes) is 1. The first-order chi connectivity index (χ1) is 8.99. The van der Waals surface area contributed by atoms with E-state index in [4.69, 9.17) is 0 Å². The van der Waals surface area contributed by atoms with Gasteiger partial charge in [-0.1, -0.05) is 6.92 Å². The highest BCUT2D eigenvalue weighted by atomic mass is 16.5. The molecule has 108 valence electrons. The highest BCUT2D eigenvalue weighted by Gasteiger charge is 2.11. The molecule has 0 aliphatic heterocycles. The number of carbonyl (C=O) groups excluding carboxylic acids is 4. The molecule has 0 atom stereocenters. The van der Waals surface area contributed by atoms with Crippen molar-refractivity contribution in [2.24, 2.45) is 0 Å². The Morgan fingerprint density at radius 2 is 1.32 bits per heavy atom. The molecule has 0 unspecified atom stereocenters. The molecular weight excluding hydrogens is 248 g/mol. The van der Waals surface area contributed by atoms with Crippen molar-refractivity contribution in [1.29, 1.82) is 0 Å². The normalized spacial score (nSPS) is 10.0.